The SMILES string of the molecule is Br.O=[N+]([O-])c1cccc(-c2csc(=Nc3ccccc3)n2-c2ccccc2)c1. The third-order valence-electron chi connectivity index (χ3n) is 4.06. The third-order valence-corrected chi connectivity index (χ3v) is 4.88. The predicted octanol–water partition coefficient (Wildman–Crippen LogP) is 5.92. The number of thiazole rings is 1. The zero-order valence-corrected chi connectivity index (χ0v) is 17.2. The first-order chi connectivity index (χ1) is 13.2. The summed E-state index contributed by atoms with van der Waals surface area (Å²) in [5.74, 6) is 0. The number of nitro benzene ring substituents is 1. The van der Waals surface area contributed by atoms with Crippen molar-refractivity contribution < 1.29 is 4.92 Å². The van der Waals surface area contributed by atoms with Crippen molar-refractivity contribution >= 4 is 39.7 Å². The smallest absolute Gasteiger partial charge is 0.270 e. The molecule has 0 unspecified atom stereocenters. The Morgan fingerprint density at radius 2 is 1.57 bits per heavy atom. The summed E-state index contributed by atoms with van der Waals surface area (Å²) in [7, 11) is 0. The van der Waals surface area contributed by atoms with Gasteiger partial charge >= 0.3 is 0 Å². The fourth-order valence-corrected chi connectivity index (χ4v) is 3.73. The van der Waals surface area contributed by atoms with E-state index in [1.54, 1.807) is 12.1 Å². The predicted molar refractivity (Wildman–Crippen MR) is 118 cm³/mol. The second kappa shape index (κ2) is 8.77. The molecule has 0 atom stereocenters. The highest BCUT2D eigenvalue weighted by atomic mass is 79.9. The van der Waals surface area contributed by atoms with Crippen LogP contribution in [0.2, 0.25) is 0 Å². The topological polar surface area (TPSA) is 60.4 Å². The normalized spacial score (nSPS) is 11.1. The number of benzene rings is 3. The molecule has 0 N–H and O–H groups in total. The summed E-state index contributed by atoms with van der Waals surface area (Å²) in [4.78, 5) is 16.4. The molecule has 0 bridgehead atoms. The van der Waals surface area contributed by atoms with Crippen molar-refractivity contribution in [3.63, 3.8) is 0 Å². The number of hydrogen-bond donors (Lipinski definition) is 0. The van der Waals surface area contributed by atoms with E-state index in [1.807, 2.05) is 76.7 Å². The van der Waals surface area contributed by atoms with Crippen molar-refractivity contribution in [2.24, 2.45) is 4.99 Å². The Labute approximate surface area is 176 Å². The standard InChI is InChI=1S/C21H15N3O2S.BrH/c25-24(26)19-13-7-8-16(14-19)20-15-27-21(22-17-9-3-1-4-10-17)23(20)18-11-5-2-6-12-18;/h1-15H;1H. The van der Waals surface area contributed by atoms with Crippen molar-refractivity contribution in [3.05, 3.63) is 105 Å². The van der Waals surface area contributed by atoms with Crippen LogP contribution >= 0.6 is 28.3 Å². The molecule has 3 aromatic carbocycles. The maximum absolute atomic E-state index is 11.2. The third kappa shape index (κ3) is 4.11. The quantitative estimate of drug-likeness (QED) is 0.284. The van der Waals surface area contributed by atoms with E-state index < -0.39 is 0 Å². The average molecular weight is 454 g/mol. The zero-order chi connectivity index (χ0) is 18.6. The molecule has 4 aromatic rings. The molecule has 1 heterocycles. The lowest BCUT2D eigenvalue weighted by Crippen LogP contribution is -2.13. The molecular formula is C21H16BrN3O2S. The van der Waals surface area contributed by atoms with Crippen LogP contribution in [0.25, 0.3) is 16.9 Å². The molecule has 0 spiro atoms. The van der Waals surface area contributed by atoms with Crippen LogP contribution in [-0.4, -0.2) is 9.49 Å². The Morgan fingerprint density at radius 1 is 0.893 bits per heavy atom. The molecule has 0 saturated heterocycles. The summed E-state index contributed by atoms with van der Waals surface area (Å²) < 4.78 is 2.02. The first kappa shape index (κ1) is 19.7. The minimum Gasteiger partial charge on any atom is -0.285 e. The summed E-state index contributed by atoms with van der Waals surface area (Å²) in [6.45, 7) is 0. The van der Waals surface area contributed by atoms with Gasteiger partial charge in [-0.2, -0.15) is 0 Å². The fraction of sp³-hybridized carbons (Fsp3) is 0. The highest BCUT2D eigenvalue weighted by Gasteiger charge is 2.13. The Kier molecular flexibility index (Phi) is 6.18. The van der Waals surface area contributed by atoms with Crippen molar-refractivity contribution in [2.75, 3.05) is 0 Å². The lowest BCUT2D eigenvalue weighted by atomic mass is 10.1. The summed E-state index contributed by atoms with van der Waals surface area (Å²) in [5, 5.41) is 13.1. The fourth-order valence-electron chi connectivity index (χ4n) is 2.81. The lowest BCUT2D eigenvalue weighted by molar-refractivity contribution is -0.384. The summed E-state index contributed by atoms with van der Waals surface area (Å²) in [5.41, 5.74) is 3.52. The first-order valence-corrected chi connectivity index (χ1v) is 9.21. The molecule has 0 aliphatic carbocycles. The minimum absolute atomic E-state index is 0. The van der Waals surface area contributed by atoms with Gasteiger partial charge in [0.05, 0.1) is 16.3 Å². The van der Waals surface area contributed by atoms with Gasteiger partial charge in [0.15, 0.2) is 4.80 Å². The molecule has 0 saturated carbocycles. The largest absolute Gasteiger partial charge is 0.285 e. The molecule has 1 aromatic heterocycles. The zero-order valence-electron chi connectivity index (χ0n) is 14.6. The molecule has 5 nitrogen and oxygen atoms in total. The Hall–Kier alpha value is -3.03. The number of rotatable bonds is 4. The number of non-ortho nitro benzene ring substituents is 1. The van der Waals surface area contributed by atoms with Gasteiger partial charge in [-0.3, -0.25) is 14.7 Å². The van der Waals surface area contributed by atoms with Gasteiger partial charge in [-0.15, -0.1) is 28.3 Å². The van der Waals surface area contributed by atoms with Crippen LogP contribution in [0.1, 0.15) is 0 Å². The number of nitro groups is 1. The Balaban J connectivity index is 0.00000225. The van der Waals surface area contributed by atoms with Crippen LogP contribution < -0.4 is 4.80 Å². The molecule has 0 amide bonds. The number of aromatic nitrogens is 1. The second-order valence-electron chi connectivity index (χ2n) is 5.83. The molecule has 0 radical (unpaired) electrons. The summed E-state index contributed by atoms with van der Waals surface area (Å²) >= 11 is 1.50. The van der Waals surface area contributed by atoms with E-state index in [-0.39, 0.29) is 27.6 Å². The van der Waals surface area contributed by atoms with Crippen LogP contribution in [0.5, 0.6) is 0 Å². The Morgan fingerprint density at radius 3 is 2.25 bits per heavy atom. The molecule has 0 aliphatic rings. The van der Waals surface area contributed by atoms with E-state index in [9.17, 15) is 10.1 Å². The highest BCUT2D eigenvalue weighted by molar-refractivity contribution is 8.93. The van der Waals surface area contributed by atoms with Crippen LogP contribution in [0.3, 0.4) is 0 Å². The second-order valence-corrected chi connectivity index (χ2v) is 6.67. The highest BCUT2D eigenvalue weighted by Crippen LogP contribution is 2.27. The van der Waals surface area contributed by atoms with Crippen molar-refractivity contribution in [3.8, 4) is 16.9 Å². The van der Waals surface area contributed by atoms with Gasteiger partial charge in [0.2, 0.25) is 0 Å². The van der Waals surface area contributed by atoms with Gasteiger partial charge in [-0.25, -0.2) is 4.99 Å². The molecule has 4 rings (SSSR count). The number of nitrogens with zero attached hydrogens (tertiary/aromatic N) is 3. The monoisotopic (exact) mass is 453 g/mol. The molecule has 140 valence electrons. The van der Waals surface area contributed by atoms with Gasteiger partial charge < -0.3 is 0 Å². The van der Waals surface area contributed by atoms with E-state index in [1.165, 1.54) is 17.4 Å². The van der Waals surface area contributed by atoms with Gasteiger partial charge in [-0.05, 0) is 24.3 Å². The van der Waals surface area contributed by atoms with Crippen molar-refractivity contribution in [1.82, 2.24) is 4.57 Å². The van der Waals surface area contributed by atoms with E-state index in [2.05, 4.69) is 0 Å². The van der Waals surface area contributed by atoms with E-state index in [4.69, 9.17) is 4.99 Å². The molecule has 0 aliphatic heterocycles. The van der Waals surface area contributed by atoms with Crippen molar-refractivity contribution in [2.45, 2.75) is 0 Å². The van der Waals surface area contributed by atoms with Crippen LogP contribution in [0, 0.1) is 10.1 Å². The number of halogens is 1. The minimum atomic E-state index is -0.377. The van der Waals surface area contributed by atoms with Crippen LogP contribution in [0.15, 0.2) is 95.3 Å². The van der Waals surface area contributed by atoms with Gasteiger partial charge in [0.25, 0.3) is 5.69 Å². The van der Waals surface area contributed by atoms with Gasteiger partial charge in [0.1, 0.15) is 0 Å². The summed E-state index contributed by atoms with van der Waals surface area (Å²) in [6, 6.07) is 26.3. The molecular weight excluding hydrogens is 438 g/mol. The first-order valence-electron chi connectivity index (χ1n) is 8.33. The maximum atomic E-state index is 11.2. The van der Waals surface area contributed by atoms with Crippen LogP contribution in [0.4, 0.5) is 11.4 Å². The van der Waals surface area contributed by atoms with Gasteiger partial charge in [0, 0.05) is 28.8 Å². The lowest BCUT2D eigenvalue weighted by Gasteiger charge is -2.09. The average Bonchev–Trinajstić information content (AvgIpc) is 3.13. The van der Waals surface area contributed by atoms with Gasteiger partial charge in [-0.1, -0.05) is 48.5 Å². The van der Waals surface area contributed by atoms with E-state index in [0.29, 0.717) is 0 Å². The molecule has 7 heteroatoms. The number of para-hydroxylation sites is 2. The van der Waals surface area contributed by atoms with Crippen LogP contribution in [-0.2, 0) is 0 Å². The van der Waals surface area contributed by atoms with Crippen molar-refractivity contribution in [1.29, 1.82) is 0 Å². The maximum Gasteiger partial charge on any atom is 0.270 e. The molecule has 28 heavy (non-hydrogen) atoms. The van der Waals surface area contributed by atoms with E-state index in [0.717, 1.165) is 27.4 Å². The Bertz CT molecular complexity index is 1160. The van der Waals surface area contributed by atoms with E-state index >= 15 is 0 Å². The summed E-state index contributed by atoms with van der Waals surface area (Å²) in [6.07, 6.45) is 0. The molecule has 0 fully saturated rings. The number of hydrogen-bond acceptors (Lipinski definition) is 4.